The van der Waals surface area contributed by atoms with Crippen molar-refractivity contribution in [1.82, 2.24) is 0 Å². The number of benzene rings is 1. The van der Waals surface area contributed by atoms with Gasteiger partial charge in [0.2, 0.25) is 0 Å². The van der Waals surface area contributed by atoms with Gasteiger partial charge in [0.1, 0.15) is 30.2 Å². The summed E-state index contributed by atoms with van der Waals surface area (Å²) in [5.74, 6) is 3.08. The first-order valence-corrected chi connectivity index (χ1v) is 9.13. The molecule has 1 aromatic carbocycles. The number of rotatable bonds is 4. The first-order valence-electron chi connectivity index (χ1n) is 7.79. The SMILES string of the molecule is [Au+].[C-]#Cc1ccc(OC)cc1.c1coc(P(c2ccco2)c2ccco2)c1. The van der Waals surface area contributed by atoms with E-state index in [1.807, 2.05) is 36.4 Å². The maximum atomic E-state index is 6.78. The number of furan rings is 3. The molecule has 0 N–H and O–H groups in total. The maximum Gasteiger partial charge on any atom is 1.00 e. The Morgan fingerprint density at radius 3 is 1.52 bits per heavy atom. The molecule has 0 amide bonds. The van der Waals surface area contributed by atoms with E-state index in [1.54, 1.807) is 50.2 Å². The Hall–Kier alpha value is -2.41. The summed E-state index contributed by atoms with van der Waals surface area (Å²) in [4.78, 5) is 0. The summed E-state index contributed by atoms with van der Waals surface area (Å²) < 4.78 is 21.3. The fraction of sp³-hybridized carbons (Fsp3) is 0.0476. The minimum absolute atomic E-state index is 0. The number of methoxy groups -OCH3 is 1. The molecule has 0 bridgehead atoms. The first-order chi connectivity index (χ1) is 12.8. The molecule has 4 aromatic rings. The van der Waals surface area contributed by atoms with Crippen molar-refractivity contribution in [2.45, 2.75) is 0 Å². The van der Waals surface area contributed by atoms with E-state index in [9.17, 15) is 0 Å². The molecule has 0 unspecified atom stereocenters. The largest absolute Gasteiger partial charge is 1.00 e. The topological polar surface area (TPSA) is 48.7 Å². The molecule has 0 radical (unpaired) electrons. The van der Waals surface area contributed by atoms with E-state index in [0.29, 0.717) is 0 Å². The van der Waals surface area contributed by atoms with Crippen molar-refractivity contribution in [2.75, 3.05) is 7.11 Å². The smallest absolute Gasteiger partial charge is 0.497 e. The third-order valence-corrected chi connectivity index (χ3v) is 5.50. The van der Waals surface area contributed by atoms with E-state index in [4.69, 9.17) is 24.4 Å². The van der Waals surface area contributed by atoms with Crippen LogP contribution in [-0.4, -0.2) is 7.11 Å². The van der Waals surface area contributed by atoms with Crippen LogP contribution < -0.4 is 21.2 Å². The Kier molecular flexibility index (Phi) is 8.26. The number of ether oxygens (including phenoxy) is 1. The third-order valence-electron chi connectivity index (χ3n) is 3.41. The van der Waals surface area contributed by atoms with Crippen LogP contribution in [0.3, 0.4) is 0 Å². The molecule has 0 saturated heterocycles. The van der Waals surface area contributed by atoms with Gasteiger partial charge in [-0.05, 0) is 48.5 Å². The molecule has 4 nitrogen and oxygen atoms in total. The molecule has 140 valence electrons. The second-order valence-corrected chi connectivity index (χ2v) is 7.04. The van der Waals surface area contributed by atoms with Crippen LogP contribution in [0.15, 0.2) is 92.7 Å². The fourth-order valence-electron chi connectivity index (χ4n) is 2.19. The predicted molar refractivity (Wildman–Crippen MR) is 101 cm³/mol. The van der Waals surface area contributed by atoms with Gasteiger partial charge in [-0.25, -0.2) is 0 Å². The van der Waals surface area contributed by atoms with Crippen LogP contribution in [0.25, 0.3) is 0 Å². The van der Waals surface area contributed by atoms with Gasteiger partial charge in [-0.15, -0.1) is 17.7 Å². The van der Waals surface area contributed by atoms with Crippen LogP contribution in [0.5, 0.6) is 5.75 Å². The van der Waals surface area contributed by atoms with Gasteiger partial charge in [-0.2, -0.15) is 0 Å². The Bertz CT molecular complexity index is 840. The van der Waals surface area contributed by atoms with Crippen molar-refractivity contribution in [3.05, 3.63) is 91.4 Å². The molecule has 3 aromatic heterocycles. The van der Waals surface area contributed by atoms with E-state index in [-0.39, 0.29) is 22.4 Å². The quantitative estimate of drug-likeness (QED) is 0.165. The standard InChI is InChI=1S/C12H9O3P.C9H7O.Au/c1-4-10(13-7-1)16(11-5-2-8-14-11)12-6-3-9-15-12;1-3-8-4-6-9(10-2)7-5-8;/h1-9H;4-7H,2H3;/q;-1;+1. The monoisotopic (exact) mass is 560 g/mol. The Morgan fingerprint density at radius 2 is 1.22 bits per heavy atom. The maximum absolute atomic E-state index is 6.78. The van der Waals surface area contributed by atoms with Gasteiger partial charge in [0, 0.05) is 0 Å². The summed E-state index contributed by atoms with van der Waals surface area (Å²) in [6.45, 7) is 0. The Morgan fingerprint density at radius 1 is 0.778 bits per heavy atom. The van der Waals surface area contributed by atoms with E-state index < -0.39 is 7.92 Å². The molecular weight excluding hydrogens is 544 g/mol. The summed E-state index contributed by atoms with van der Waals surface area (Å²) in [6.07, 6.45) is 11.8. The van der Waals surface area contributed by atoms with Gasteiger partial charge >= 0.3 is 22.4 Å². The molecule has 4 rings (SSSR count). The number of hydrogen-bond donors (Lipinski definition) is 0. The van der Waals surface area contributed by atoms with Gasteiger partial charge in [-0.3, -0.25) is 5.92 Å². The van der Waals surface area contributed by atoms with Gasteiger partial charge in [-0.1, -0.05) is 0 Å². The average Bonchev–Trinajstić information content (AvgIpc) is 3.47. The second-order valence-electron chi connectivity index (χ2n) is 5.04. The van der Waals surface area contributed by atoms with Crippen molar-refractivity contribution in [3.8, 4) is 11.7 Å². The molecule has 0 fully saturated rings. The van der Waals surface area contributed by atoms with Crippen molar-refractivity contribution in [3.63, 3.8) is 0 Å². The van der Waals surface area contributed by atoms with Crippen molar-refractivity contribution in [1.29, 1.82) is 0 Å². The molecule has 6 heteroatoms. The zero-order valence-corrected chi connectivity index (χ0v) is 17.4. The van der Waals surface area contributed by atoms with Crippen molar-refractivity contribution in [2.24, 2.45) is 0 Å². The van der Waals surface area contributed by atoms with E-state index in [1.165, 1.54) is 0 Å². The van der Waals surface area contributed by atoms with E-state index in [2.05, 4.69) is 5.92 Å². The zero-order valence-electron chi connectivity index (χ0n) is 14.4. The van der Waals surface area contributed by atoms with Crippen LogP contribution in [0.1, 0.15) is 5.56 Å². The first kappa shape index (κ1) is 20.9. The van der Waals surface area contributed by atoms with Gasteiger partial charge in [0.15, 0.2) is 0 Å². The van der Waals surface area contributed by atoms with Crippen LogP contribution >= 0.6 is 7.92 Å². The summed E-state index contributed by atoms with van der Waals surface area (Å²) in [5, 5.41) is 0. The van der Waals surface area contributed by atoms with Crippen LogP contribution in [0, 0.1) is 12.3 Å². The molecule has 3 heterocycles. The minimum Gasteiger partial charge on any atom is -0.497 e. The average molecular weight is 560 g/mol. The summed E-state index contributed by atoms with van der Waals surface area (Å²) in [6, 6.07) is 18.6. The Labute approximate surface area is 174 Å². The van der Waals surface area contributed by atoms with Gasteiger partial charge < -0.3 is 24.4 Å². The molecule has 0 saturated carbocycles. The molecule has 0 aliphatic carbocycles. The molecule has 27 heavy (non-hydrogen) atoms. The van der Waals surface area contributed by atoms with E-state index in [0.717, 1.165) is 27.8 Å². The van der Waals surface area contributed by atoms with Crippen molar-refractivity contribution >= 4 is 24.4 Å². The molecule has 0 atom stereocenters. The number of hydrogen-bond acceptors (Lipinski definition) is 4. The summed E-state index contributed by atoms with van der Waals surface area (Å²) in [7, 11) is 0.779. The zero-order chi connectivity index (χ0) is 18.2. The third kappa shape index (κ3) is 5.53. The predicted octanol–water partition coefficient (Wildman–Crippen LogP) is 3.85. The summed E-state index contributed by atoms with van der Waals surface area (Å²) >= 11 is 0. The Balaban J connectivity index is 0.000000208. The van der Waals surface area contributed by atoms with Crippen LogP contribution in [-0.2, 0) is 22.4 Å². The molecule has 0 spiro atoms. The van der Waals surface area contributed by atoms with Gasteiger partial charge in [0.25, 0.3) is 0 Å². The minimum atomic E-state index is -0.835. The second kappa shape index (κ2) is 10.7. The summed E-state index contributed by atoms with van der Waals surface area (Å²) in [5.41, 5.74) is 3.39. The van der Waals surface area contributed by atoms with Crippen molar-refractivity contribution < 1.29 is 40.4 Å². The molecule has 0 aliphatic rings. The normalized spacial score (nSPS) is 9.67. The molecular formula is C21H16AuO4P. The van der Waals surface area contributed by atoms with E-state index >= 15 is 0 Å². The van der Waals surface area contributed by atoms with Gasteiger partial charge in [0.05, 0.1) is 25.9 Å². The van der Waals surface area contributed by atoms with Crippen LogP contribution in [0.2, 0.25) is 0 Å². The fourth-order valence-corrected chi connectivity index (χ4v) is 4.05. The van der Waals surface area contributed by atoms with Crippen LogP contribution in [0.4, 0.5) is 0 Å². The molecule has 0 aliphatic heterocycles.